The molecule has 0 saturated carbocycles. The minimum Gasteiger partial charge on any atom is -0.475 e. The van der Waals surface area contributed by atoms with Gasteiger partial charge in [-0.1, -0.05) is 23.9 Å². The summed E-state index contributed by atoms with van der Waals surface area (Å²) in [6, 6.07) is 9.37. The molecule has 2 heterocycles. The van der Waals surface area contributed by atoms with E-state index in [1.807, 2.05) is 24.3 Å². The lowest BCUT2D eigenvalue weighted by Gasteiger charge is -1.95. The first-order valence-electron chi connectivity index (χ1n) is 6.03. The first-order chi connectivity index (χ1) is 9.63. The van der Waals surface area contributed by atoms with Crippen molar-refractivity contribution in [2.75, 3.05) is 0 Å². The summed E-state index contributed by atoms with van der Waals surface area (Å²) in [6.45, 7) is 1.76. The van der Waals surface area contributed by atoms with Gasteiger partial charge in [0.25, 0.3) is 0 Å². The van der Waals surface area contributed by atoms with Gasteiger partial charge in [-0.05, 0) is 25.1 Å². The maximum Gasteiger partial charge on any atom is 0.371 e. The smallest absolute Gasteiger partial charge is 0.371 e. The largest absolute Gasteiger partial charge is 0.475 e. The predicted molar refractivity (Wildman–Crippen MR) is 76.1 cm³/mol. The summed E-state index contributed by atoms with van der Waals surface area (Å²) in [7, 11) is 0. The van der Waals surface area contributed by atoms with Gasteiger partial charge >= 0.3 is 5.97 Å². The van der Waals surface area contributed by atoms with E-state index in [0.717, 1.165) is 21.8 Å². The molecule has 0 bridgehead atoms. The van der Waals surface area contributed by atoms with Crippen LogP contribution in [-0.4, -0.2) is 21.0 Å². The van der Waals surface area contributed by atoms with Crippen LogP contribution in [0.1, 0.15) is 21.9 Å². The third kappa shape index (κ3) is 2.42. The van der Waals surface area contributed by atoms with E-state index in [9.17, 15) is 4.79 Å². The summed E-state index contributed by atoms with van der Waals surface area (Å²) in [5.41, 5.74) is 2.78. The van der Waals surface area contributed by atoms with E-state index >= 15 is 0 Å². The molecule has 2 N–H and O–H groups in total. The van der Waals surface area contributed by atoms with Crippen LogP contribution in [0, 0.1) is 6.92 Å². The number of nitrogens with one attached hydrogen (secondary N) is 1. The summed E-state index contributed by atoms with van der Waals surface area (Å²) in [4.78, 5) is 18.5. The van der Waals surface area contributed by atoms with Crippen molar-refractivity contribution in [3.8, 4) is 0 Å². The molecule has 3 rings (SSSR count). The van der Waals surface area contributed by atoms with Crippen molar-refractivity contribution < 1.29 is 14.3 Å². The van der Waals surface area contributed by atoms with Crippen molar-refractivity contribution in [1.82, 2.24) is 9.97 Å². The standard InChI is InChI=1S/C14H12N2O3S/c1-8-9(6-12(19-8)13(17)18)7-20-14-15-10-4-2-3-5-11(10)16-14/h2-6H,7H2,1H3,(H,15,16)(H,17,18). The summed E-state index contributed by atoms with van der Waals surface area (Å²) < 4.78 is 5.18. The minimum atomic E-state index is -1.05. The molecule has 0 unspecified atom stereocenters. The van der Waals surface area contributed by atoms with Crippen molar-refractivity contribution in [3.63, 3.8) is 0 Å². The average molecular weight is 288 g/mol. The van der Waals surface area contributed by atoms with Crippen LogP contribution in [0.4, 0.5) is 0 Å². The Labute approximate surface area is 119 Å². The molecule has 5 nitrogen and oxygen atoms in total. The number of para-hydroxylation sites is 2. The molecule has 0 spiro atoms. The van der Waals surface area contributed by atoms with Crippen molar-refractivity contribution in [3.05, 3.63) is 47.4 Å². The Kier molecular flexibility index (Phi) is 3.23. The van der Waals surface area contributed by atoms with Gasteiger partial charge in [0.15, 0.2) is 5.16 Å². The third-order valence-corrected chi connectivity index (χ3v) is 3.89. The first-order valence-corrected chi connectivity index (χ1v) is 7.02. The summed E-state index contributed by atoms with van der Waals surface area (Å²) in [6.07, 6.45) is 0. The highest BCUT2D eigenvalue weighted by Gasteiger charge is 2.13. The number of rotatable bonds is 4. The number of benzene rings is 1. The van der Waals surface area contributed by atoms with Crippen LogP contribution in [0.3, 0.4) is 0 Å². The van der Waals surface area contributed by atoms with Gasteiger partial charge in [0, 0.05) is 11.3 Å². The molecule has 0 radical (unpaired) electrons. The van der Waals surface area contributed by atoms with E-state index in [0.29, 0.717) is 11.5 Å². The lowest BCUT2D eigenvalue weighted by molar-refractivity contribution is 0.0661. The van der Waals surface area contributed by atoms with Crippen LogP contribution in [0.2, 0.25) is 0 Å². The minimum absolute atomic E-state index is 0.0253. The number of thioether (sulfide) groups is 1. The Bertz CT molecular complexity index is 743. The summed E-state index contributed by atoms with van der Waals surface area (Å²) in [5, 5.41) is 9.69. The molecule has 0 saturated heterocycles. The van der Waals surface area contributed by atoms with E-state index in [4.69, 9.17) is 9.52 Å². The second kappa shape index (κ2) is 5.05. The van der Waals surface area contributed by atoms with Gasteiger partial charge in [-0.3, -0.25) is 0 Å². The van der Waals surface area contributed by atoms with Crippen molar-refractivity contribution >= 4 is 28.8 Å². The molecule has 0 fully saturated rings. The second-order valence-electron chi connectivity index (χ2n) is 4.35. The number of hydrogen-bond donors (Lipinski definition) is 2. The fraction of sp³-hybridized carbons (Fsp3) is 0.143. The Morgan fingerprint density at radius 3 is 2.95 bits per heavy atom. The summed E-state index contributed by atoms with van der Waals surface area (Å²) in [5.74, 6) is 0.171. The van der Waals surface area contributed by atoms with Crippen molar-refractivity contribution in [2.45, 2.75) is 17.8 Å². The van der Waals surface area contributed by atoms with E-state index < -0.39 is 5.97 Å². The van der Waals surface area contributed by atoms with Crippen molar-refractivity contribution in [1.29, 1.82) is 0 Å². The summed E-state index contributed by atoms with van der Waals surface area (Å²) >= 11 is 1.52. The number of furan rings is 1. The predicted octanol–water partition coefficient (Wildman–Crippen LogP) is 3.45. The maximum atomic E-state index is 10.8. The molecule has 6 heteroatoms. The Balaban J connectivity index is 1.77. The average Bonchev–Trinajstić information content (AvgIpc) is 2.99. The molecular formula is C14H12N2O3S. The third-order valence-electron chi connectivity index (χ3n) is 2.96. The van der Waals surface area contributed by atoms with Gasteiger partial charge in [0.2, 0.25) is 5.76 Å². The number of nitrogens with zero attached hydrogens (tertiary/aromatic N) is 1. The maximum absolute atomic E-state index is 10.8. The van der Waals surface area contributed by atoms with Crippen LogP contribution in [0.25, 0.3) is 11.0 Å². The van der Waals surface area contributed by atoms with Crippen LogP contribution in [0.15, 0.2) is 39.9 Å². The van der Waals surface area contributed by atoms with E-state index in [2.05, 4.69) is 9.97 Å². The zero-order valence-electron chi connectivity index (χ0n) is 10.7. The lowest BCUT2D eigenvalue weighted by Crippen LogP contribution is -1.91. The van der Waals surface area contributed by atoms with Gasteiger partial charge < -0.3 is 14.5 Å². The van der Waals surface area contributed by atoms with Gasteiger partial charge in [-0.2, -0.15) is 0 Å². The molecule has 3 aromatic rings. The number of fused-ring (bicyclic) bond motifs is 1. The molecule has 2 aromatic heterocycles. The van der Waals surface area contributed by atoms with E-state index in [1.165, 1.54) is 11.8 Å². The molecule has 102 valence electrons. The van der Waals surface area contributed by atoms with Crippen LogP contribution in [-0.2, 0) is 5.75 Å². The molecular weight excluding hydrogens is 276 g/mol. The van der Waals surface area contributed by atoms with Gasteiger partial charge in [0.05, 0.1) is 11.0 Å². The number of aromatic nitrogens is 2. The molecule has 0 aliphatic rings. The number of carboxylic acids is 1. The number of aromatic carboxylic acids is 1. The second-order valence-corrected chi connectivity index (χ2v) is 5.31. The molecule has 1 aromatic carbocycles. The molecule has 0 amide bonds. The van der Waals surface area contributed by atoms with E-state index in [-0.39, 0.29) is 5.76 Å². The molecule has 0 aliphatic heterocycles. The quantitative estimate of drug-likeness (QED) is 0.719. The highest BCUT2D eigenvalue weighted by molar-refractivity contribution is 7.98. The fourth-order valence-corrected chi connectivity index (χ4v) is 2.84. The number of aryl methyl sites for hydroxylation is 1. The number of imidazole rings is 1. The Morgan fingerprint density at radius 1 is 1.45 bits per heavy atom. The highest BCUT2D eigenvalue weighted by atomic mass is 32.2. The fourth-order valence-electron chi connectivity index (χ4n) is 1.91. The molecule has 20 heavy (non-hydrogen) atoms. The number of hydrogen-bond acceptors (Lipinski definition) is 4. The number of H-pyrrole nitrogens is 1. The van der Waals surface area contributed by atoms with Crippen LogP contribution >= 0.6 is 11.8 Å². The van der Waals surface area contributed by atoms with Gasteiger partial charge in [-0.15, -0.1) is 0 Å². The first kappa shape index (κ1) is 12.8. The Hall–Kier alpha value is -2.21. The zero-order valence-corrected chi connectivity index (χ0v) is 11.5. The lowest BCUT2D eigenvalue weighted by atomic mass is 10.3. The van der Waals surface area contributed by atoms with Gasteiger partial charge in [0.1, 0.15) is 5.76 Å². The zero-order chi connectivity index (χ0) is 14.1. The molecule has 0 aliphatic carbocycles. The normalized spacial score (nSPS) is 11.1. The SMILES string of the molecule is Cc1oc(C(=O)O)cc1CSc1nc2ccccc2[nH]1. The molecule has 0 atom stereocenters. The van der Waals surface area contributed by atoms with Crippen LogP contribution in [0.5, 0.6) is 0 Å². The van der Waals surface area contributed by atoms with Crippen molar-refractivity contribution in [2.24, 2.45) is 0 Å². The number of carbonyl (C=O) groups is 1. The Morgan fingerprint density at radius 2 is 2.25 bits per heavy atom. The van der Waals surface area contributed by atoms with E-state index in [1.54, 1.807) is 13.0 Å². The van der Waals surface area contributed by atoms with Crippen LogP contribution < -0.4 is 0 Å². The van der Waals surface area contributed by atoms with Gasteiger partial charge in [-0.25, -0.2) is 9.78 Å². The monoisotopic (exact) mass is 288 g/mol. The number of carboxylic acid groups (broad SMARTS) is 1. The highest BCUT2D eigenvalue weighted by Crippen LogP contribution is 2.26. The topological polar surface area (TPSA) is 79.1 Å². The number of aromatic amines is 1.